The van der Waals surface area contributed by atoms with Gasteiger partial charge in [0.25, 0.3) is 0 Å². The third-order valence-corrected chi connectivity index (χ3v) is 8.69. The fourth-order valence-corrected chi connectivity index (χ4v) is 6.36. The Morgan fingerprint density at radius 1 is 0.825 bits per heavy atom. The zero-order valence-electron chi connectivity index (χ0n) is 23.6. The monoisotopic (exact) mass is 537 g/mol. The molecule has 1 atom stereocenters. The first-order valence-electron chi connectivity index (χ1n) is 14.5. The summed E-state index contributed by atoms with van der Waals surface area (Å²) in [6.45, 7) is 6.23. The van der Waals surface area contributed by atoms with E-state index in [1.165, 1.54) is 38.6 Å². The largest absolute Gasteiger partial charge is 0.469 e. The van der Waals surface area contributed by atoms with Crippen LogP contribution in [0.25, 0.3) is 11.1 Å². The van der Waals surface area contributed by atoms with Gasteiger partial charge in [-0.2, -0.15) is 0 Å². The predicted octanol–water partition coefficient (Wildman–Crippen LogP) is 5.18. The van der Waals surface area contributed by atoms with Gasteiger partial charge in [-0.05, 0) is 62.3 Å². The average molecular weight is 538 g/mol. The zero-order valence-corrected chi connectivity index (χ0v) is 23.6. The van der Waals surface area contributed by atoms with Gasteiger partial charge in [0.05, 0.1) is 25.3 Å². The van der Waals surface area contributed by atoms with Gasteiger partial charge in [-0.1, -0.05) is 60.7 Å². The number of ether oxygens (including phenoxy) is 1. The average Bonchev–Trinajstić information content (AvgIpc) is 3.02. The summed E-state index contributed by atoms with van der Waals surface area (Å²) >= 11 is 0. The lowest BCUT2D eigenvalue weighted by atomic mass is 9.97. The van der Waals surface area contributed by atoms with Crippen molar-refractivity contribution in [1.82, 2.24) is 14.7 Å². The molecule has 6 rings (SSSR count). The number of fused-ring (bicyclic) bond motifs is 1. The van der Waals surface area contributed by atoms with Gasteiger partial charge in [-0.15, -0.1) is 0 Å². The SMILES string of the molecule is COC(=O)CC1c2ccccc2N=C(N2CCN(C3CCN(C)CC3)CC2)N1c1ccc(-c2ccccc2)cc1. The highest BCUT2D eigenvalue weighted by Gasteiger charge is 2.37. The lowest BCUT2D eigenvalue weighted by Crippen LogP contribution is -2.57. The minimum absolute atomic E-state index is 0.203. The second kappa shape index (κ2) is 11.8. The van der Waals surface area contributed by atoms with Crippen molar-refractivity contribution in [3.05, 3.63) is 84.4 Å². The number of para-hydroxylation sites is 1. The number of benzene rings is 3. The van der Waals surface area contributed by atoms with Gasteiger partial charge >= 0.3 is 5.97 Å². The van der Waals surface area contributed by atoms with E-state index in [0.29, 0.717) is 6.04 Å². The Kier molecular flexibility index (Phi) is 7.84. The highest BCUT2D eigenvalue weighted by molar-refractivity contribution is 6.01. The van der Waals surface area contributed by atoms with E-state index in [1.807, 2.05) is 18.2 Å². The van der Waals surface area contributed by atoms with Gasteiger partial charge in [0.15, 0.2) is 0 Å². The molecule has 7 heteroatoms. The van der Waals surface area contributed by atoms with Crippen molar-refractivity contribution in [2.45, 2.75) is 31.3 Å². The maximum atomic E-state index is 12.7. The summed E-state index contributed by atoms with van der Waals surface area (Å²) in [4.78, 5) is 27.7. The first kappa shape index (κ1) is 26.5. The minimum Gasteiger partial charge on any atom is -0.469 e. The van der Waals surface area contributed by atoms with Crippen LogP contribution < -0.4 is 4.90 Å². The van der Waals surface area contributed by atoms with E-state index >= 15 is 0 Å². The van der Waals surface area contributed by atoms with Crippen LogP contribution in [0.3, 0.4) is 0 Å². The normalized spacial score (nSPS) is 20.6. The molecule has 0 N–H and O–H groups in total. The molecule has 0 radical (unpaired) electrons. The van der Waals surface area contributed by atoms with Crippen molar-refractivity contribution in [1.29, 1.82) is 0 Å². The number of methoxy groups -OCH3 is 1. The van der Waals surface area contributed by atoms with Crippen LogP contribution in [0.4, 0.5) is 11.4 Å². The Hall–Kier alpha value is -3.68. The molecule has 2 fully saturated rings. The molecule has 3 aliphatic heterocycles. The lowest BCUT2D eigenvalue weighted by molar-refractivity contribution is -0.141. The number of anilines is 1. The van der Waals surface area contributed by atoms with E-state index in [9.17, 15) is 4.79 Å². The Morgan fingerprint density at radius 3 is 2.17 bits per heavy atom. The minimum atomic E-state index is -0.223. The lowest BCUT2D eigenvalue weighted by Gasteiger charge is -2.46. The Balaban J connectivity index is 1.32. The number of piperazine rings is 1. The molecule has 2 saturated heterocycles. The van der Waals surface area contributed by atoms with Crippen LogP contribution >= 0.6 is 0 Å². The standard InChI is InChI=1S/C33H39N5O2/c1-35-18-16-27(17-19-35)36-20-22-37(23-21-36)33-34-30-11-7-6-10-29(30)31(24-32(39)40-2)38(33)28-14-12-26(13-15-28)25-8-4-3-5-9-25/h3-15,27,31H,16-24H2,1-2H3. The highest BCUT2D eigenvalue weighted by Crippen LogP contribution is 2.41. The topological polar surface area (TPSA) is 51.6 Å². The Morgan fingerprint density at radius 2 is 1.48 bits per heavy atom. The third kappa shape index (κ3) is 5.49. The summed E-state index contributed by atoms with van der Waals surface area (Å²) in [7, 11) is 3.69. The molecule has 0 saturated carbocycles. The van der Waals surface area contributed by atoms with Gasteiger partial charge < -0.3 is 19.4 Å². The van der Waals surface area contributed by atoms with Gasteiger partial charge in [0, 0.05) is 43.5 Å². The summed E-state index contributed by atoms with van der Waals surface area (Å²) in [6.07, 6.45) is 2.74. The summed E-state index contributed by atoms with van der Waals surface area (Å²) in [5.41, 5.74) is 5.36. The molecule has 0 aliphatic carbocycles. The smallest absolute Gasteiger partial charge is 0.307 e. The number of rotatable bonds is 5. The molecule has 7 nitrogen and oxygen atoms in total. The van der Waals surface area contributed by atoms with E-state index in [2.05, 4.69) is 87.3 Å². The number of nitrogens with zero attached hydrogens (tertiary/aromatic N) is 5. The number of hydrogen-bond donors (Lipinski definition) is 0. The number of likely N-dealkylation sites (tertiary alicyclic amines) is 1. The summed E-state index contributed by atoms with van der Waals surface area (Å²) in [5.74, 6) is 0.696. The fraction of sp³-hybridized carbons (Fsp3) is 0.394. The number of hydrogen-bond acceptors (Lipinski definition) is 7. The Bertz CT molecular complexity index is 1330. The first-order valence-corrected chi connectivity index (χ1v) is 14.5. The van der Waals surface area contributed by atoms with Gasteiger partial charge in [0.1, 0.15) is 0 Å². The fourth-order valence-electron chi connectivity index (χ4n) is 6.36. The summed E-state index contributed by atoms with van der Waals surface area (Å²) < 4.78 is 5.17. The summed E-state index contributed by atoms with van der Waals surface area (Å²) in [5, 5.41) is 0. The van der Waals surface area contributed by atoms with E-state index in [0.717, 1.165) is 54.6 Å². The van der Waals surface area contributed by atoms with Crippen LogP contribution in [0.15, 0.2) is 83.9 Å². The molecule has 208 valence electrons. The molecule has 0 spiro atoms. The summed E-state index contributed by atoms with van der Waals surface area (Å²) in [6, 6.07) is 27.7. The first-order chi connectivity index (χ1) is 19.6. The molecule has 3 aromatic carbocycles. The number of aliphatic imine (C=N–C) groups is 1. The van der Waals surface area contributed by atoms with Gasteiger partial charge in [0.2, 0.25) is 5.96 Å². The molecule has 1 unspecified atom stereocenters. The molecule has 3 heterocycles. The maximum Gasteiger partial charge on any atom is 0.307 e. The van der Waals surface area contributed by atoms with E-state index in [1.54, 1.807) is 0 Å². The molecular weight excluding hydrogens is 498 g/mol. The number of guanidine groups is 1. The van der Waals surface area contributed by atoms with Gasteiger partial charge in [-0.25, -0.2) is 4.99 Å². The number of carbonyl (C=O) groups is 1. The molecule has 3 aromatic rings. The van der Waals surface area contributed by atoms with E-state index in [4.69, 9.17) is 9.73 Å². The molecule has 3 aliphatic rings. The van der Waals surface area contributed by atoms with Crippen molar-refractivity contribution < 1.29 is 9.53 Å². The van der Waals surface area contributed by atoms with Crippen molar-refractivity contribution in [2.75, 3.05) is 58.3 Å². The van der Waals surface area contributed by atoms with Crippen LogP contribution in [0.1, 0.15) is 30.9 Å². The number of piperidine rings is 1. The van der Waals surface area contributed by atoms with E-state index in [-0.39, 0.29) is 18.4 Å². The molecule has 0 aromatic heterocycles. The predicted molar refractivity (Wildman–Crippen MR) is 161 cm³/mol. The number of esters is 1. The van der Waals surface area contributed by atoms with Crippen LogP contribution in [0.2, 0.25) is 0 Å². The van der Waals surface area contributed by atoms with Crippen LogP contribution in [-0.4, -0.2) is 86.1 Å². The highest BCUT2D eigenvalue weighted by atomic mass is 16.5. The second-order valence-electron chi connectivity index (χ2n) is 11.1. The quantitative estimate of drug-likeness (QED) is 0.418. The Labute approximate surface area is 237 Å². The van der Waals surface area contributed by atoms with Crippen molar-refractivity contribution >= 4 is 23.3 Å². The molecular formula is C33H39N5O2. The van der Waals surface area contributed by atoms with Crippen molar-refractivity contribution in [3.8, 4) is 11.1 Å². The molecule has 0 amide bonds. The van der Waals surface area contributed by atoms with E-state index < -0.39 is 0 Å². The van der Waals surface area contributed by atoms with Gasteiger partial charge in [-0.3, -0.25) is 9.69 Å². The molecule has 0 bridgehead atoms. The van der Waals surface area contributed by atoms with Crippen molar-refractivity contribution in [3.63, 3.8) is 0 Å². The van der Waals surface area contributed by atoms with Crippen LogP contribution in [0, 0.1) is 0 Å². The second-order valence-corrected chi connectivity index (χ2v) is 11.1. The molecule has 40 heavy (non-hydrogen) atoms. The third-order valence-electron chi connectivity index (χ3n) is 8.69. The number of carbonyl (C=O) groups excluding carboxylic acids is 1. The maximum absolute atomic E-state index is 12.7. The van der Waals surface area contributed by atoms with Crippen molar-refractivity contribution in [2.24, 2.45) is 4.99 Å². The van der Waals surface area contributed by atoms with Crippen LogP contribution in [0.5, 0.6) is 0 Å². The van der Waals surface area contributed by atoms with Crippen LogP contribution in [-0.2, 0) is 9.53 Å². The zero-order chi connectivity index (χ0) is 27.5.